The molecule has 0 spiro atoms. The maximum atomic E-state index is 5.31. The Labute approximate surface area is 92.0 Å². The van der Waals surface area contributed by atoms with Gasteiger partial charge in [0, 0.05) is 7.11 Å². The Kier molecular flexibility index (Phi) is 11.4. The van der Waals surface area contributed by atoms with E-state index >= 15 is 0 Å². The molecule has 0 saturated heterocycles. The molecule has 2 heteroatoms. The molecular formula is C12H27OSi. The first kappa shape index (κ1) is 14.2. The van der Waals surface area contributed by atoms with Crippen LogP contribution in [-0.2, 0) is 4.43 Å². The fourth-order valence-electron chi connectivity index (χ4n) is 1.61. The summed E-state index contributed by atoms with van der Waals surface area (Å²) in [6.07, 6.45) is 11.3. The van der Waals surface area contributed by atoms with Gasteiger partial charge in [0.2, 0.25) is 9.04 Å². The summed E-state index contributed by atoms with van der Waals surface area (Å²) < 4.78 is 5.31. The number of unbranched alkanes of at least 4 members (excludes halogenated alkanes) is 7. The van der Waals surface area contributed by atoms with E-state index in [1.54, 1.807) is 0 Å². The van der Waals surface area contributed by atoms with Gasteiger partial charge in [0.15, 0.2) is 0 Å². The molecule has 0 aromatic heterocycles. The van der Waals surface area contributed by atoms with Crippen molar-refractivity contribution in [2.75, 3.05) is 7.11 Å². The van der Waals surface area contributed by atoms with E-state index < -0.39 is 9.04 Å². The summed E-state index contributed by atoms with van der Waals surface area (Å²) in [5.41, 5.74) is 0. The van der Waals surface area contributed by atoms with Crippen molar-refractivity contribution in [2.45, 2.75) is 70.9 Å². The fourth-order valence-corrected chi connectivity index (χ4v) is 2.56. The Morgan fingerprint density at radius 3 is 1.86 bits per heavy atom. The zero-order valence-corrected chi connectivity index (χ0v) is 11.3. The highest BCUT2D eigenvalue weighted by molar-refractivity contribution is 6.50. The van der Waals surface area contributed by atoms with Gasteiger partial charge in [-0.2, -0.15) is 0 Å². The van der Waals surface area contributed by atoms with Crippen molar-refractivity contribution in [3.8, 4) is 0 Å². The highest BCUT2D eigenvalue weighted by Crippen LogP contribution is 2.10. The van der Waals surface area contributed by atoms with Crippen LogP contribution in [0, 0.1) is 0 Å². The van der Waals surface area contributed by atoms with Gasteiger partial charge in [-0.25, -0.2) is 0 Å². The van der Waals surface area contributed by atoms with Crippen LogP contribution in [0.25, 0.3) is 0 Å². The first-order chi connectivity index (χ1) is 6.81. The minimum atomic E-state index is -0.430. The summed E-state index contributed by atoms with van der Waals surface area (Å²) in [7, 11) is 1.42. The van der Waals surface area contributed by atoms with Gasteiger partial charge >= 0.3 is 0 Å². The second-order valence-corrected chi connectivity index (χ2v) is 6.44. The predicted molar refractivity (Wildman–Crippen MR) is 66.0 cm³/mol. The molecule has 0 fully saturated rings. The molecule has 14 heavy (non-hydrogen) atoms. The summed E-state index contributed by atoms with van der Waals surface area (Å²) in [5.74, 6) is 0. The quantitative estimate of drug-likeness (QED) is 0.388. The Bertz CT molecular complexity index is 106. The summed E-state index contributed by atoms with van der Waals surface area (Å²) in [5, 5.41) is 0. The van der Waals surface area contributed by atoms with Crippen LogP contribution in [0.5, 0.6) is 0 Å². The van der Waals surface area contributed by atoms with Crippen LogP contribution in [0.1, 0.15) is 58.3 Å². The van der Waals surface area contributed by atoms with Gasteiger partial charge in [-0.15, -0.1) is 0 Å². The van der Waals surface area contributed by atoms with Crippen LogP contribution in [0.3, 0.4) is 0 Å². The third kappa shape index (κ3) is 10.3. The van der Waals surface area contributed by atoms with E-state index in [1.165, 1.54) is 57.4 Å². The Morgan fingerprint density at radius 2 is 1.36 bits per heavy atom. The summed E-state index contributed by atoms with van der Waals surface area (Å²) >= 11 is 0. The molecule has 0 bridgehead atoms. The maximum absolute atomic E-state index is 5.31. The molecule has 0 rings (SSSR count). The van der Waals surface area contributed by atoms with Crippen molar-refractivity contribution in [3.05, 3.63) is 0 Å². The van der Waals surface area contributed by atoms with Gasteiger partial charge in [-0.3, -0.25) is 0 Å². The van der Waals surface area contributed by atoms with Gasteiger partial charge in [-0.1, -0.05) is 58.3 Å². The van der Waals surface area contributed by atoms with Crippen LogP contribution in [-0.4, -0.2) is 16.2 Å². The van der Waals surface area contributed by atoms with Crippen LogP contribution < -0.4 is 0 Å². The lowest BCUT2D eigenvalue weighted by atomic mass is 10.1. The summed E-state index contributed by atoms with van der Waals surface area (Å²) in [6, 6.07) is 1.33. The lowest BCUT2D eigenvalue weighted by Crippen LogP contribution is -2.08. The Morgan fingerprint density at radius 1 is 0.857 bits per heavy atom. The molecule has 0 unspecified atom stereocenters. The number of hydrogen-bond donors (Lipinski definition) is 0. The first-order valence-electron chi connectivity index (χ1n) is 6.17. The topological polar surface area (TPSA) is 9.23 Å². The van der Waals surface area contributed by atoms with Crippen molar-refractivity contribution in [2.24, 2.45) is 0 Å². The smallest absolute Gasteiger partial charge is 0.207 e. The Balaban J connectivity index is 2.92. The van der Waals surface area contributed by atoms with Crippen molar-refractivity contribution < 1.29 is 4.43 Å². The van der Waals surface area contributed by atoms with E-state index in [9.17, 15) is 0 Å². The second-order valence-electron chi connectivity index (χ2n) is 4.13. The zero-order valence-electron chi connectivity index (χ0n) is 10.3. The molecule has 0 atom stereocenters. The molecule has 0 aromatic rings. The van der Waals surface area contributed by atoms with Crippen LogP contribution in [0.2, 0.25) is 12.6 Å². The molecule has 1 nitrogen and oxygen atoms in total. The summed E-state index contributed by atoms with van der Waals surface area (Å²) in [6.45, 7) is 4.53. The first-order valence-corrected chi connectivity index (χ1v) is 8.29. The van der Waals surface area contributed by atoms with Gasteiger partial charge in [0.1, 0.15) is 0 Å². The Hall–Kier alpha value is 0.177. The zero-order chi connectivity index (χ0) is 10.6. The van der Waals surface area contributed by atoms with E-state index in [0.29, 0.717) is 0 Å². The van der Waals surface area contributed by atoms with Crippen molar-refractivity contribution in [1.82, 2.24) is 0 Å². The van der Waals surface area contributed by atoms with E-state index in [2.05, 4.69) is 13.5 Å². The fraction of sp³-hybridized carbons (Fsp3) is 1.00. The molecule has 0 aliphatic rings. The third-order valence-corrected chi connectivity index (χ3v) is 4.49. The third-order valence-electron chi connectivity index (χ3n) is 2.73. The standard InChI is InChI=1S/C12H27OSi/c1-4-5-6-7-8-9-10-11-12-14(3)13-2/h4-12H2,1-3H3. The second kappa shape index (κ2) is 11.3. The molecule has 0 aromatic carbocycles. The van der Waals surface area contributed by atoms with Crippen LogP contribution >= 0.6 is 0 Å². The molecule has 0 amide bonds. The predicted octanol–water partition coefficient (Wildman–Crippen LogP) is 4.39. The molecule has 0 saturated carbocycles. The van der Waals surface area contributed by atoms with Crippen LogP contribution in [0.4, 0.5) is 0 Å². The number of rotatable bonds is 10. The molecule has 1 radical (unpaired) electrons. The SMILES string of the molecule is CCCCCCCCCC[Si](C)OC. The van der Waals surface area contributed by atoms with Gasteiger partial charge < -0.3 is 4.43 Å². The van der Waals surface area contributed by atoms with Crippen molar-refractivity contribution in [3.63, 3.8) is 0 Å². The minimum Gasteiger partial charge on any atom is -0.420 e. The average molecular weight is 215 g/mol. The minimum absolute atomic E-state index is 0.430. The summed E-state index contributed by atoms with van der Waals surface area (Å²) in [4.78, 5) is 0. The van der Waals surface area contributed by atoms with Crippen molar-refractivity contribution >= 4 is 9.04 Å². The van der Waals surface area contributed by atoms with Gasteiger partial charge in [0.25, 0.3) is 0 Å². The highest BCUT2D eigenvalue weighted by atomic mass is 28.3. The van der Waals surface area contributed by atoms with Gasteiger partial charge in [-0.05, 0) is 12.6 Å². The lowest BCUT2D eigenvalue weighted by molar-refractivity contribution is 0.421. The molecule has 0 heterocycles. The largest absolute Gasteiger partial charge is 0.420 e. The molecule has 85 valence electrons. The van der Waals surface area contributed by atoms with Gasteiger partial charge in [0.05, 0.1) is 0 Å². The number of hydrogen-bond acceptors (Lipinski definition) is 1. The van der Waals surface area contributed by atoms with E-state index in [4.69, 9.17) is 4.43 Å². The van der Waals surface area contributed by atoms with E-state index in [1.807, 2.05) is 7.11 Å². The van der Waals surface area contributed by atoms with Crippen molar-refractivity contribution in [1.29, 1.82) is 0 Å². The van der Waals surface area contributed by atoms with E-state index in [0.717, 1.165) is 0 Å². The maximum Gasteiger partial charge on any atom is 0.207 e. The lowest BCUT2D eigenvalue weighted by Gasteiger charge is -2.05. The highest BCUT2D eigenvalue weighted by Gasteiger charge is 2.01. The average Bonchev–Trinajstić information content (AvgIpc) is 2.21. The monoisotopic (exact) mass is 215 g/mol. The molecule has 0 aliphatic carbocycles. The molecular weight excluding hydrogens is 188 g/mol. The molecule has 0 aliphatic heterocycles. The molecule has 0 N–H and O–H groups in total. The van der Waals surface area contributed by atoms with Crippen LogP contribution in [0.15, 0.2) is 0 Å². The normalized spacial score (nSPS) is 11.1. The van der Waals surface area contributed by atoms with E-state index in [-0.39, 0.29) is 0 Å².